The van der Waals surface area contributed by atoms with Crippen molar-refractivity contribution in [2.75, 3.05) is 26.3 Å². The Labute approximate surface area is 125 Å². The molecule has 1 atom stereocenters. The Morgan fingerprint density at radius 3 is 2.81 bits per heavy atom. The number of pyridine rings is 1. The molecule has 1 aliphatic heterocycles. The summed E-state index contributed by atoms with van der Waals surface area (Å²) in [5.74, 6) is 0.654. The van der Waals surface area contributed by atoms with Crippen LogP contribution in [0, 0.1) is 0 Å². The van der Waals surface area contributed by atoms with E-state index in [4.69, 9.17) is 9.47 Å². The van der Waals surface area contributed by atoms with Gasteiger partial charge in [-0.2, -0.15) is 0 Å². The van der Waals surface area contributed by atoms with Crippen LogP contribution in [0.3, 0.4) is 0 Å². The van der Waals surface area contributed by atoms with Gasteiger partial charge in [0.15, 0.2) is 0 Å². The van der Waals surface area contributed by atoms with Crippen LogP contribution in [0.15, 0.2) is 54.7 Å². The van der Waals surface area contributed by atoms with Gasteiger partial charge >= 0.3 is 0 Å². The second-order valence-corrected chi connectivity index (χ2v) is 5.19. The number of rotatable bonds is 5. The second-order valence-electron chi connectivity index (χ2n) is 5.19. The van der Waals surface area contributed by atoms with Gasteiger partial charge in [0.1, 0.15) is 12.7 Å². The van der Waals surface area contributed by atoms with E-state index in [2.05, 4.69) is 34.1 Å². The summed E-state index contributed by atoms with van der Waals surface area (Å²) in [7, 11) is 0. The lowest BCUT2D eigenvalue weighted by Gasteiger charge is -2.32. The summed E-state index contributed by atoms with van der Waals surface area (Å²) >= 11 is 0. The van der Waals surface area contributed by atoms with Crippen molar-refractivity contribution in [3.8, 4) is 5.88 Å². The highest BCUT2D eigenvalue weighted by Gasteiger charge is 2.21. The Morgan fingerprint density at radius 1 is 1.14 bits per heavy atom. The zero-order valence-electron chi connectivity index (χ0n) is 12.0. The van der Waals surface area contributed by atoms with Crippen molar-refractivity contribution in [2.24, 2.45) is 0 Å². The molecular formula is C17H20N2O2. The fraction of sp³-hybridized carbons (Fsp3) is 0.353. The first-order valence-corrected chi connectivity index (χ1v) is 7.32. The van der Waals surface area contributed by atoms with Crippen LogP contribution < -0.4 is 4.74 Å². The minimum absolute atomic E-state index is 0.101. The molecule has 0 spiro atoms. The minimum atomic E-state index is 0.101. The molecule has 3 rings (SSSR count). The lowest BCUT2D eigenvalue weighted by Crippen LogP contribution is -2.44. The highest BCUT2D eigenvalue weighted by molar-refractivity contribution is 5.14. The van der Waals surface area contributed by atoms with Crippen LogP contribution in [-0.4, -0.2) is 42.3 Å². The number of morpholine rings is 1. The molecule has 0 aliphatic carbocycles. The molecule has 1 aromatic heterocycles. The van der Waals surface area contributed by atoms with Gasteiger partial charge in [-0.1, -0.05) is 36.4 Å². The lowest BCUT2D eigenvalue weighted by molar-refractivity contribution is -0.0510. The molecule has 4 heteroatoms. The third-order valence-electron chi connectivity index (χ3n) is 3.53. The molecule has 2 aromatic rings. The van der Waals surface area contributed by atoms with Crippen LogP contribution in [0.25, 0.3) is 0 Å². The zero-order chi connectivity index (χ0) is 14.3. The molecular weight excluding hydrogens is 264 g/mol. The Bertz CT molecular complexity index is 533. The molecule has 2 heterocycles. The van der Waals surface area contributed by atoms with E-state index in [1.54, 1.807) is 6.20 Å². The Kier molecular flexibility index (Phi) is 4.82. The maximum absolute atomic E-state index is 5.77. The van der Waals surface area contributed by atoms with Gasteiger partial charge in [0, 0.05) is 31.9 Å². The molecule has 1 aliphatic rings. The molecule has 0 N–H and O–H groups in total. The number of nitrogens with zero attached hydrogens (tertiary/aromatic N) is 2. The normalized spacial score (nSPS) is 19.3. The molecule has 1 unspecified atom stereocenters. The van der Waals surface area contributed by atoms with Gasteiger partial charge in [0.25, 0.3) is 0 Å². The van der Waals surface area contributed by atoms with E-state index in [0.29, 0.717) is 12.5 Å². The standard InChI is InChI=1S/C17H20N2O2/c1-2-6-15(7-3-1)12-19-10-11-20-16(13-19)14-21-17-8-4-5-9-18-17/h1-9,16H,10-14H2. The summed E-state index contributed by atoms with van der Waals surface area (Å²) in [4.78, 5) is 6.57. The van der Waals surface area contributed by atoms with Gasteiger partial charge < -0.3 is 9.47 Å². The van der Waals surface area contributed by atoms with E-state index < -0.39 is 0 Å². The van der Waals surface area contributed by atoms with E-state index in [-0.39, 0.29) is 6.10 Å². The summed E-state index contributed by atoms with van der Waals surface area (Å²) in [5.41, 5.74) is 1.34. The SMILES string of the molecule is c1ccc(CN2CCOC(COc3ccccn3)C2)cc1. The number of hydrogen-bond acceptors (Lipinski definition) is 4. The average Bonchev–Trinajstić information content (AvgIpc) is 2.55. The summed E-state index contributed by atoms with van der Waals surface area (Å²) in [6.07, 6.45) is 1.84. The van der Waals surface area contributed by atoms with Gasteiger partial charge in [-0.3, -0.25) is 4.90 Å². The monoisotopic (exact) mass is 284 g/mol. The van der Waals surface area contributed by atoms with E-state index in [1.807, 2.05) is 24.3 Å². The van der Waals surface area contributed by atoms with Gasteiger partial charge in [0.05, 0.1) is 6.61 Å². The number of hydrogen-bond donors (Lipinski definition) is 0. The van der Waals surface area contributed by atoms with Crippen molar-refractivity contribution in [3.63, 3.8) is 0 Å². The predicted molar refractivity (Wildman–Crippen MR) is 81.2 cm³/mol. The maximum atomic E-state index is 5.77. The van der Waals surface area contributed by atoms with Crippen molar-refractivity contribution >= 4 is 0 Å². The van der Waals surface area contributed by atoms with Crippen molar-refractivity contribution in [1.82, 2.24) is 9.88 Å². The van der Waals surface area contributed by atoms with Gasteiger partial charge in [-0.05, 0) is 11.6 Å². The fourth-order valence-corrected chi connectivity index (χ4v) is 2.48. The molecule has 0 saturated carbocycles. The number of ether oxygens (including phenoxy) is 2. The smallest absolute Gasteiger partial charge is 0.213 e. The third-order valence-corrected chi connectivity index (χ3v) is 3.53. The number of aromatic nitrogens is 1. The average molecular weight is 284 g/mol. The molecule has 1 saturated heterocycles. The predicted octanol–water partition coefficient (Wildman–Crippen LogP) is 2.36. The van der Waals surface area contributed by atoms with Crippen molar-refractivity contribution in [2.45, 2.75) is 12.6 Å². The van der Waals surface area contributed by atoms with Gasteiger partial charge in [0.2, 0.25) is 5.88 Å². The molecule has 1 fully saturated rings. The minimum Gasteiger partial charge on any atom is -0.475 e. The van der Waals surface area contributed by atoms with Crippen molar-refractivity contribution in [1.29, 1.82) is 0 Å². The first-order valence-electron chi connectivity index (χ1n) is 7.32. The molecule has 21 heavy (non-hydrogen) atoms. The molecule has 1 aromatic carbocycles. The summed E-state index contributed by atoms with van der Waals surface area (Å²) in [5, 5.41) is 0. The zero-order valence-corrected chi connectivity index (χ0v) is 12.0. The van der Waals surface area contributed by atoms with E-state index in [9.17, 15) is 0 Å². The molecule has 110 valence electrons. The van der Waals surface area contributed by atoms with Gasteiger partial charge in [-0.15, -0.1) is 0 Å². The van der Waals surface area contributed by atoms with Crippen LogP contribution in [0.5, 0.6) is 5.88 Å². The molecule has 0 bridgehead atoms. The Balaban J connectivity index is 1.49. The molecule has 4 nitrogen and oxygen atoms in total. The quantitative estimate of drug-likeness (QED) is 0.844. The fourth-order valence-electron chi connectivity index (χ4n) is 2.48. The van der Waals surface area contributed by atoms with Crippen LogP contribution in [0.4, 0.5) is 0 Å². The molecule has 0 amide bonds. The Hall–Kier alpha value is -1.91. The highest BCUT2D eigenvalue weighted by Crippen LogP contribution is 2.12. The number of benzene rings is 1. The van der Waals surface area contributed by atoms with Crippen LogP contribution >= 0.6 is 0 Å². The highest BCUT2D eigenvalue weighted by atomic mass is 16.5. The van der Waals surface area contributed by atoms with Crippen LogP contribution in [0.1, 0.15) is 5.56 Å². The van der Waals surface area contributed by atoms with E-state index in [0.717, 1.165) is 26.2 Å². The summed E-state index contributed by atoms with van der Waals surface area (Å²) < 4.78 is 11.5. The second kappa shape index (κ2) is 7.20. The topological polar surface area (TPSA) is 34.6 Å². The third kappa shape index (κ3) is 4.28. The first kappa shape index (κ1) is 14.0. The largest absolute Gasteiger partial charge is 0.475 e. The van der Waals surface area contributed by atoms with Crippen LogP contribution in [-0.2, 0) is 11.3 Å². The first-order chi connectivity index (χ1) is 10.4. The lowest BCUT2D eigenvalue weighted by atomic mass is 10.2. The summed E-state index contributed by atoms with van der Waals surface area (Å²) in [6.45, 7) is 4.12. The van der Waals surface area contributed by atoms with E-state index in [1.165, 1.54) is 5.56 Å². The maximum Gasteiger partial charge on any atom is 0.213 e. The molecule has 0 radical (unpaired) electrons. The van der Waals surface area contributed by atoms with Crippen molar-refractivity contribution < 1.29 is 9.47 Å². The van der Waals surface area contributed by atoms with E-state index >= 15 is 0 Å². The summed E-state index contributed by atoms with van der Waals surface area (Å²) in [6, 6.07) is 16.2. The Morgan fingerprint density at radius 2 is 2.00 bits per heavy atom. The van der Waals surface area contributed by atoms with Gasteiger partial charge in [-0.25, -0.2) is 4.98 Å². The van der Waals surface area contributed by atoms with Crippen molar-refractivity contribution in [3.05, 3.63) is 60.3 Å². The van der Waals surface area contributed by atoms with Crippen LogP contribution in [0.2, 0.25) is 0 Å².